The second-order valence-electron chi connectivity index (χ2n) is 4.19. The number of sulfonamides is 1. The Bertz CT molecular complexity index is 890. The molecule has 108 valence electrons. The van der Waals surface area contributed by atoms with Crippen molar-refractivity contribution in [3.8, 4) is 0 Å². The molecule has 0 spiro atoms. The van der Waals surface area contributed by atoms with Gasteiger partial charge in [0.25, 0.3) is 10.0 Å². The van der Waals surface area contributed by atoms with Gasteiger partial charge in [-0.15, -0.1) is 10.2 Å². The fourth-order valence-electron chi connectivity index (χ4n) is 1.84. The van der Waals surface area contributed by atoms with Crippen molar-refractivity contribution in [2.24, 2.45) is 0 Å². The predicted octanol–water partition coefficient (Wildman–Crippen LogP) is 3.21. The molecule has 0 saturated heterocycles. The molecule has 0 atom stereocenters. The number of nitrogens with one attached hydrogen (secondary N) is 1. The van der Waals surface area contributed by atoms with Crippen LogP contribution in [0.15, 0.2) is 51.7 Å². The van der Waals surface area contributed by atoms with E-state index >= 15 is 0 Å². The SMILES string of the molecule is CSc1nnc(NS(=O)(=O)c2ccc3ccccc3c2)s1. The topological polar surface area (TPSA) is 72.0 Å². The van der Waals surface area contributed by atoms with Crippen molar-refractivity contribution in [3.05, 3.63) is 42.5 Å². The summed E-state index contributed by atoms with van der Waals surface area (Å²) in [5.74, 6) is 0. The van der Waals surface area contributed by atoms with Gasteiger partial charge < -0.3 is 0 Å². The molecule has 0 amide bonds. The zero-order chi connectivity index (χ0) is 14.9. The Balaban J connectivity index is 1.95. The number of fused-ring (bicyclic) bond motifs is 1. The zero-order valence-corrected chi connectivity index (χ0v) is 13.4. The van der Waals surface area contributed by atoms with E-state index in [0.717, 1.165) is 10.8 Å². The van der Waals surface area contributed by atoms with E-state index in [4.69, 9.17) is 0 Å². The summed E-state index contributed by atoms with van der Waals surface area (Å²) in [5, 5.41) is 9.83. The Morgan fingerprint density at radius 1 is 1.10 bits per heavy atom. The number of benzene rings is 2. The van der Waals surface area contributed by atoms with Gasteiger partial charge in [-0.1, -0.05) is 53.4 Å². The molecule has 5 nitrogen and oxygen atoms in total. The highest BCUT2D eigenvalue weighted by Crippen LogP contribution is 2.26. The number of thioether (sulfide) groups is 1. The van der Waals surface area contributed by atoms with Crippen LogP contribution in [-0.4, -0.2) is 24.9 Å². The lowest BCUT2D eigenvalue weighted by Gasteiger charge is -2.06. The summed E-state index contributed by atoms with van der Waals surface area (Å²) < 4.78 is 27.9. The van der Waals surface area contributed by atoms with Crippen LogP contribution in [0.1, 0.15) is 0 Å². The van der Waals surface area contributed by atoms with Crippen LogP contribution in [0.4, 0.5) is 5.13 Å². The third-order valence-electron chi connectivity index (χ3n) is 2.83. The van der Waals surface area contributed by atoms with Crippen LogP contribution < -0.4 is 4.72 Å². The van der Waals surface area contributed by atoms with E-state index in [1.807, 2.05) is 30.5 Å². The lowest BCUT2D eigenvalue weighted by Crippen LogP contribution is -2.12. The Hall–Kier alpha value is -1.64. The van der Waals surface area contributed by atoms with E-state index in [9.17, 15) is 8.42 Å². The summed E-state index contributed by atoms with van der Waals surface area (Å²) in [6.45, 7) is 0. The quantitative estimate of drug-likeness (QED) is 0.740. The minimum absolute atomic E-state index is 0.210. The van der Waals surface area contributed by atoms with E-state index in [-0.39, 0.29) is 10.0 Å². The highest BCUT2D eigenvalue weighted by molar-refractivity contribution is 8.00. The average molecular weight is 337 g/mol. The first-order valence-electron chi connectivity index (χ1n) is 5.97. The lowest BCUT2D eigenvalue weighted by atomic mass is 10.1. The summed E-state index contributed by atoms with van der Waals surface area (Å²) in [7, 11) is -3.65. The Labute approximate surface area is 130 Å². The van der Waals surface area contributed by atoms with Crippen molar-refractivity contribution < 1.29 is 8.42 Å². The fourth-order valence-corrected chi connectivity index (χ4v) is 4.28. The second kappa shape index (κ2) is 5.63. The van der Waals surface area contributed by atoms with Crippen molar-refractivity contribution in [2.45, 2.75) is 9.24 Å². The van der Waals surface area contributed by atoms with Gasteiger partial charge in [-0.25, -0.2) is 8.42 Å². The maximum atomic E-state index is 12.4. The van der Waals surface area contributed by atoms with E-state index in [1.54, 1.807) is 18.2 Å². The number of hydrogen-bond donors (Lipinski definition) is 1. The van der Waals surface area contributed by atoms with Gasteiger partial charge in [0.05, 0.1) is 4.90 Å². The summed E-state index contributed by atoms with van der Waals surface area (Å²) in [5.41, 5.74) is 0. The Morgan fingerprint density at radius 3 is 2.57 bits per heavy atom. The third kappa shape index (κ3) is 3.02. The maximum absolute atomic E-state index is 12.4. The molecule has 0 fully saturated rings. The average Bonchev–Trinajstić information content (AvgIpc) is 2.93. The molecule has 3 rings (SSSR count). The number of hydrogen-bond acceptors (Lipinski definition) is 6. The highest BCUT2D eigenvalue weighted by Gasteiger charge is 2.17. The number of aromatic nitrogens is 2. The molecular weight excluding hydrogens is 326 g/mol. The first-order valence-corrected chi connectivity index (χ1v) is 9.50. The van der Waals surface area contributed by atoms with E-state index < -0.39 is 10.0 Å². The second-order valence-corrected chi connectivity index (χ2v) is 7.90. The van der Waals surface area contributed by atoms with Crippen LogP contribution >= 0.6 is 23.1 Å². The summed E-state index contributed by atoms with van der Waals surface area (Å²) in [6, 6.07) is 12.6. The van der Waals surface area contributed by atoms with Crippen LogP contribution in [0.5, 0.6) is 0 Å². The van der Waals surface area contributed by atoms with Gasteiger partial charge in [-0.05, 0) is 29.2 Å². The molecule has 0 aliphatic rings. The van der Waals surface area contributed by atoms with E-state index in [0.29, 0.717) is 4.34 Å². The minimum atomic E-state index is -3.65. The van der Waals surface area contributed by atoms with Crippen molar-refractivity contribution >= 4 is 49.0 Å². The number of anilines is 1. The minimum Gasteiger partial charge on any atom is -0.253 e. The molecule has 0 aliphatic carbocycles. The molecule has 0 radical (unpaired) electrons. The smallest absolute Gasteiger partial charge is 0.253 e. The highest BCUT2D eigenvalue weighted by atomic mass is 32.2. The molecule has 0 saturated carbocycles. The van der Waals surface area contributed by atoms with Crippen molar-refractivity contribution in [1.82, 2.24) is 10.2 Å². The van der Waals surface area contributed by atoms with E-state index in [2.05, 4.69) is 14.9 Å². The molecule has 21 heavy (non-hydrogen) atoms. The predicted molar refractivity (Wildman–Crippen MR) is 86.4 cm³/mol. The molecule has 2 aromatic carbocycles. The zero-order valence-electron chi connectivity index (χ0n) is 11.0. The molecule has 3 aromatic rings. The van der Waals surface area contributed by atoms with Crippen LogP contribution in [0, 0.1) is 0 Å². The van der Waals surface area contributed by atoms with Crippen LogP contribution in [0.3, 0.4) is 0 Å². The van der Waals surface area contributed by atoms with Gasteiger partial charge in [0.15, 0.2) is 4.34 Å². The van der Waals surface area contributed by atoms with Gasteiger partial charge in [0, 0.05) is 0 Å². The molecule has 1 heterocycles. The fraction of sp³-hybridized carbons (Fsp3) is 0.0769. The first-order chi connectivity index (χ1) is 10.1. The molecule has 0 aliphatic heterocycles. The number of rotatable bonds is 4. The Kier molecular flexibility index (Phi) is 3.83. The summed E-state index contributed by atoms with van der Waals surface area (Å²) >= 11 is 2.63. The van der Waals surface area contributed by atoms with Crippen LogP contribution in [0.2, 0.25) is 0 Å². The van der Waals surface area contributed by atoms with Gasteiger partial charge in [0.2, 0.25) is 5.13 Å². The lowest BCUT2D eigenvalue weighted by molar-refractivity contribution is 0.601. The van der Waals surface area contributed by atoms with Gasteiger partial charge in [-0.2, -0.15) is 0 Å². The van der Waals surface area contributed by atoms with Gasteiger partial charge >= 0.3 is 0 Å². The van der Waals surface area contributed by atoms with E-state index in [1.165, 1.54) is 23.1 Å². The van der Waals surface area contributed by atoms with Crippen LogP contribution in [-0.2, 0) is 10.0 Å². The molecule has 1 aromatic heterocycles. The van der Waals surface area contributed by atoms with Crippen molar-refractivity contribution in [1.29, 1.82) is 0 Å². The molecular formula is C13H11N3O2S3. The molecule has 1 N–H and O–H groups in total. The normalized spacial score (nSPS) is 11.7. The first kappa shape index (κ1) is 14.3. The monoisotopic (exact) mass is 337 g/mol. The standard InChI is InChI=1S/C13H11N3O2S3/c1-19-13-15-14-12(20-13)16-21(17,18)11-7-6-9-4-2-3-5-10(9)8-11/h2-8H,1H3,(H,14,16). The molecule has 0 bridgehead atoms. The summed E-state index contributed by atoms with van der Waals surface area (Å²) in [4.78, 5) is 0.210. The van der Waals surface area contributed by atoms with Gasteiger partial charge in [0.1, 0.15) is 0 Å². The van der Waals surface area contributed by atoms with Crippen molar-refractivity contribution in [3.63, 3.8) is 0 Å². The molecule has 8 heteroatoms. The third-order valence-corrected chi connectivity index (χ3v) is 6.11. The van der Waals surface area contributed by atoms with Gasteiger partial charge in [-0.3, -0.25) is 4.72 Å². The largest absolute Gasteiger partial charge is 0.263 e. The number of nitrogens with zero attached hydrogens (tertiary/aromatic N) is 2. The molecule has 0 unspecified atom stereocenters. The summed E-state index contributed by atoms with van der Waals surface area (Å²) in [6.07, 6.45) is 1.86. The maximum Gasteiger partial charge on any atom is 0.263 e. The Morgan fingerprint density at radius 2 is 1.86 bits per heavy atom. The van der Waals surface area contributed by atoms with Crippen molar-refractivity contribution in [2.75, 3.05) is 11.0 Å². The van der Waals surface area contributed by atoms with Crippen LogP contribution in [0.25, 0.3) is 10.8 Å².